The first-order chi connectivity index (χ1) is 18.5. The van der Waals surface area contributed by atoms with Gasteiger partial charge in [-0.1, -0.05) is 24.3 Å². The van der Waals surface area contributed by atoms with E-state index in [0.29, 0.717) is 24.7 Å². The molecule has 2 nitrogen and oxygen atoms in total. The van der Waals surface area contributed by atoms with Crippen molar-refractivity contribution in [2.45, 2.75) is 13.2 Å². The first kappa shape index (κ1) is 24.1. The van der Waals surface area contributed by atoms with Crippen LogP contribution in [-0.2, 0) is 13.2 Å². The molecule has 0 atom stereocenters. The van der Waals surface area contributed by atoms with E-state index in [1.54, 1.807) is 24.3 Å². The molecule has 188 valence electrons. The molecule has 0 spiro atoms. The highest BCUT2D eigenvalue weighted by molar-refractivity contribution is 7.50. The predicted octanol–water partition coefficient (Wildman–Crippen LogP) is 9.31. The highest BCUT2D eigenvalue weighted by Crippen LogP contribution is 2.50. The minimum atomic E-state index is -0.412. The Bertz CT molecular complexity index is 1620. The molecule has 0 aliphatic rings. The Hall–Kier alpha value is -4.29. The molecule has 0 aliphatic carbocycles. The van der Waals surface area contributed by atoms with E-state index in [4.69, 9.17) is 9.47 Å². The van der Waals surface area contributed by atoms with Crippen LogP contribution in [0.4, 0.5) is 13.2 Å². The number of hydrogen-bond donors (Lipinski definition) is 0. The summed E-state index contributed by atoms with van der Waals surface area (Å²) in [5.74, 6) is 0.551. The highest BCUT2D eigenvalue weighted by atomic mass is 32.2. The summed E-state index contributed by atoms with van der Waals surface area (Å²) in [6.45, 7) is 0.632. The first-order valence-electron chi connectivity index (χ1n) is 12.1. The van der Waals surface area contributed by atoms with Gasteiger partial charge in [-0.25, -0.2) is 13.2 Å². The zero-order chi connectivity index (χ0) is 26.1. The maximum atomic E-state index is 13.7. The van der Waals surface area contributed by atoms with Crippen LogP contribution >= 0.6 is 10.5 Å². The fraction of sp³-hybridized carbons (Fsp3) is 0.0625. The topological polar surface area (TPSA) is 18.5 Å². The molecular weight excluding hydrogens is 505 g/mol. The first-order valence-corrected chi connectivity index (χ1v) is 13.3. The fourth-order valence-corrected chi connectivity index (χ4v) is 6.75. The lowest BCUT2D eigenvalue weighted by Gasteiger charge is -2.07. The maximum Gasteiger partial charge on any atom is 0.188 e. The smallest absolute Gasteiger partial charge is 0.188 e. The summed E-state index contributed by atoms with van der Waals surface area (Å²) in [7, 11) is -0.412. The molecule has 6 rings (SSSR count). The maximum absolute atomic E-state index is 13.7. The van der Waals surface area contributed by atoms with Crippen molar-refractivity contribution < 1.29 is 22.6 Å². The monoisotopic (exact) mass is 527 g/mol. The third-order valence-electron chi connectivity index (χ3n) is 6.32. The van der Waals surface area contributed by atoms with Crippen LogP contribution in [0.2, 0.25) is 0 Å². The van der Waals surface area contributed by atoms with E-state index in [-0.39, 0.29) is 17.5 Å². The van der Waals surface area contributed by atoms with Crippen molar-refractivity contribution in [1.29, 1.82) is 0 Å². The summed E-state index contributed by atoms with van der Waals surface area (Å²) in [5.41, 5.74) is 1.74. The van der Waals surface area contributed by atoms with Crippen molar-refractivity contribution in [2.24, 2.45) is 0 Å². The number of hydrogen-bond acceptors (Lipinski definition) is 2. The van der Waals surface area contributed by atoms with Crippen molar-refractivity contribution in [3.05, 3.63) is 138 Å². The molecule has 0 saturated carbocycles. The summed E-state index contributed by atoms with van der Waals surface area (Å²) in [6, 6.07) is 31.1. The summed E-state index contributed by atoms with van der Waals surface area (Å²) in [5, 5.41) is 2.05. The van der Waals surface area contributed by atoms with E-state index in [1.807, 2.05) is 36.4 Å². The average Bonchev–Trinajstić information content (AvgIpc) is 3.26. The van der Waals surface area contributed by atoms with Gasteiger partial charge in [0.05, 0.1) is 10.8 Å². The molecule has 0 radical (unpaired) electrons. The van der Waals surface area contributed by atoms with E-state index in [0.717, 1.165) is 36.2 Å². The number of ether oxygens (including phenoxy) is 2. The summed E-state index contributed by atoms with van der Waals surface area (Å²) in [4.78, 5) is 1.02. The van der Waals surface area contributed by atoms with E-state index in [2.05, 4.69) is 12.1 Å². The van der Waals surface area contributed by atoms with Gasteiger partial charge in [-0.3, -0.25) is 0 Å². The largest absolute Gasteiger partial charge is 0.489 e. The lowest BCUT2D eigenvalue weighted by atomic mass is 10.1. The highest BCUT2D eigenvalue weighted by Gasteiger charge is 2.25. The van der Waals surface area contributed by atoms with Gasteiger partial charge in [0.15, 0.2) is 14.3 Å². The lowest BCUT2D eigenvalue weighted by Crippen LogP contribution is -1.95. The molecule has 0 aliphatic heterocycles. The summed E-state index contributed by atoms with van der Waals surface area (Å²) in [6.07, 6.45) is 0. The van der Waals surface area contributed by atoms with Crippen molar-refractivity contribution in [1.82, 2.24) is 0 Å². The predicted molar refractivity (Wildman–Crippen MR) is 147 cm³/mol. The number of halogens is 3. The molecule has 6 aromatic rings. The Morgan fingerprint density at radius 3 is 1.29 bits per heavy atom. The Morgan fingerprint density at radius 2 is 0.868 bits per heavy atom. The van der Waals surface area contributed by atoms with Gasteiger partial charge in [0.2, 0.25) is 0 Å². The molecule has 6 heteroatoms. The quantitative estimate of drug-likeness (QED) is 0.193. The van der Waals surface area contributed by atoms with Gasteiger partial charge >= 0.3 is 0 Å². The van der Waals surface area contributed by atoms with Crippen LogP contribution in [-0.4, -0.2) is 0 Å². The van der Waals surface area contributed by atoms with Crippen LogP contribution < -0.4 is 9.47 Å². The van der Waals surface area contributed by atoms with E-state index < -0.39 is 10.5 Å². The van der Waals surface area contributed by atoms with Crippen LogP contribution in [0, 0.1) is 17.5 Å². The molecule has 0 fully saturated rings. The van der Waals surface area contributed by atoms with Crippen molar-refractivity contribution in [3.8, 4) is 16.4 Å². The number of thiophene rings is 1. The van der Waals surface area contributed by atoms with E-state index in [1.165, 1.54) is 36.4 Å². The van der Waals surface area contributed by atoms with Gasteiger partial charge in [0.25, 0.3) is 0 Å². The Kier molecular flexibility index (Phi) is 6.48. The van der Waals surface area contributed by atoms with Gasteiger partial charge in [-0.05, 0) is 71.8 Å². The Morgan fingerprint density at radius 1 is 0.474 bits per heavy atom. The van der Waals surface area contributed by atoms with Gasteiger partial charge in [-0.15, -0.1) is 0 Å². The fourth-order valence-electron chi connectivity index (χ4n) is 4.41. The van der Waals surface area contributed by atoms with Gasteiger partial charge in [0.1, 0.15) is 42.2 Å². The third kappa shape index (κ3) is 4.95. The number of benzene rings is 5. The minimum absolute atomic E-state index is 0.272. The average molecular weight is 528 g/mol. The van der Waals surface area contributed by atoms with Crippen LogP contribution in [0.25, 0.3) is 25.1 Å². The molecule has 1 heterocycles. The zero-order valence-corrected chi connectivity index (χ0v) is 21.0. The SMILES string of the molecule is Fc1ccc(COc2ccc3c(c2)c2cc(OCc4ccc(F)cc4)ccc2[s+]3-c2ccc(F)cc2)cc1. The Balaban J connectivity index is 1.39. The molecule has 38 heavy (non-hydrogen) atoms. The minimum Gasteiger partial charge on any atom is -0.489 e. The van der Waals surface area contributed by atoms with Crippen LogP contribution in [0.1, 0.15) is 11.1 Å². The van der Waals surface area contributed by atoms with Crippen molar-refractivity contribution >= 4 is 30.6 Å². The molecule has 0 N–H and O–H groups in total. The summed E-state index contributed by atoms with van der Waals surface area (Å²) < 4.78 is 54.5. The third-order valence-corrected chi connectivity index (χ3v) is 8.65. The van der Waals surface area contributed by atoms with Gasteiger partial charge in [-0.2, -0.15) is 0 Å². The molecule has 0 unspecified atom stereocenters. The summed E-state index contributed by atoms with van der Waals surface area (Å²) >= 11 is 0. The molecule has 0 saturated heterocycles. The molecule has 0 bridgehead atoms. The lowest BCUT2D eigenvalue weighted by molar-refractivity contribution is 0.306. The van der Waals surface area contributed by atoms with Gasteiger partial charge in [0, 0.05) is 34.7 Å². The van der Waals surface area contributed by atoms with E-state index in [9.17, 15) is 13.2 Å². The standard InChI is InChI=1S/C32H22F3O2S/c33-23-5-1-21(2-6-23)19-36-26-11-15-31-29(17-26)30-18-27(37-20-22-3-7-24(34)8-4-22)12-16-32(30)38(31)28-13-9-25(35)10-14-28/h1-18H,19-20H2/q+1. The van der Waals surface area contributed by atoms with E-state index >= 15 is 0 Å². The van der Waals surface area contributed by atoms with Crippen molar-refractivity contribution in [3.63, 3.8) is 0 Å². The van der Waals surface area contributed by atoms with Crippen molar-refractivity contribution in [2.75, 3.05) is 0 Å². The molecule has 1 aromatic heterocycles. The number of rotatable bonds is 7. The molecular formula is C32H22F3O2S+. The van der Waals surface area contributed by atoms with Crippen LogP contribution in [0.15, 0.2) is 109 Å². The second kappa shape index (κ2) is 10.2. The van der Waals surface area contributed by atoms with Crippen LogP contribution in [0.3, 0.4) is 0 Å². The Labute approximate surface area is 220 Å². The van der Waals surface area contributed by atoms with Gasteiger partial charge < -0.3 is 9.47 Å². The molecule has 5 aromatic carbocycles. The number of fused-ring (bicyclic) bond motifs is 3. The normalized spacial score (nSPS) is 11.2. The second-order valence-corrected chi connectivity index (χ2v) is 10.9. The zero-order valence-electron chi connectivity index (χ0n) is 20.2. The molecule has 0 amide bonds. The second-order valence-electron chi connectivity index (χ2n) is 8.91. The van der Waals surface area contributed by atoms with Crippen LogP contribution in [0.5, 0.6) is 11.5 Å².